The quantitative estimate of drug-likeness (QED) is 0.774. The van der Waals surface area contributed by atoms with Gasteiger partial charge in [0, 0.05) is 24.8 Å². The topological polar surface area (TPSA) is 72.9 Å². The Morgan fingerprint density at radius 1 is 1.69 bits per heavy atom. The van der Waals surface area contributed by atoms with Crippen molar-refractivity contribution in [3.05, 3.63) is 18.0 Å². The second kappa shape index (κ2) is 4.25. The SMILES string of the molecule is CC1CC(NC(=O)C(N)c2cnn(C)c2)C1. The monoisotopic (exact) mass is 222 g/mol. The molecule has 0 bridgehead atoms. The highest BCUT2D eigenvalue weighted by molar-refractivity contribution is 5.83. The summed E-state index contributed by atoms with van der Waals surface area (Å²) in [6.07, 6.45) is 5.53. The van der Waals surface area contributed by atoms with Crippen molar-refractivity contribution < 1.29 is 4.79 Å². The molecule has 5 heteroatoms. The van der Waals surface area contributed by atoms with Crippen LogP contribution in [0.1, 0.15) is 31.4 Å². The van der Waals surface area contributed by atoms with E-state index in [2.05, 4.69) is 17.3 Å². The van der Waals surface area contributed by atoms with Gasteiger partial charge in [0.25, 0.3) is 0 Å². The largest absolute Gasteiger partial charge is 0.352 e. The lowest BCUT2D eigenvalue weighted by Gasteiger charge is -2.33. The Bertz CT molecular complexity index is 381. The van der Waals surface area contributed by atoms with Crippen LogP contribution in [0.2, 0.25) is 0 Å². The standard InChI is InChI=1S/C11H18N4O/c1-7-3-9(4-7)14-11(16)10(12)8-5-13-15(2)6-8/h5-7,9-10H,3-4,12H2,1-2H3,(H,14,16). The predicted octanol–water partition coefficient (Wildman–Crippen LogP) is 0.335. The average Bonchev–Trinajstić information content (AvgIpc) is 2.61. The number of aryl methyl sites for hydroxylation is 1. The summed E-state index contributed by atoms with van der Waals surface area (Å²) in [5.41, 5.74) is 6.61. The normalized spacial score (nSPS) is 25.9. The van der Waals surface area contributed by atoms with E-state index in [-0.39, 0.29) is 5.91 Å². The zero-order chi connectivity index (χ0) is 11.7. The molecule has 0 aliphatic heterocycles. The predicted molar refractivity (Wildman–Crippen MR) is 60.5 cm³/mol. The summed E-state index contributed by atoms with van der Waals surface area (Å²) in [4.78, 5) is 11.8. The van der Waals surface area contributed by atoms with Gasteiger partial charge in [0.15, 0.2) is 0 Å². The minimum atomic E-state index is -0.607. The molecule has 1 saturated carbocycles. The lowest BCUT2D eigenvalue weighted by Crippen LogP contribution is -2.46. The van der Waals surface area contributed by atoms with E-state index in [0.717, 1.165) is 24.3 Å². The third-order valence-corrected chi connectivity index (χ3v) is 3.09. The molecule has 1 heterocycles. The van der Waals surface area contributed by atoms with E-state index in [9.17, 15) is 4.79 Å². The highest BCUT2D eigenvalue weighted by Crippen LogP contribution is 2.26. The van der Waals surface area contributed by atoms with E-state index in [1.165, 1.54) is 0 Å². The number of hydrogen-bond donors (Lipinski definition) is 2. The highest BCUT2D eigenvalue weighted by atomic mass is 16.2. The number of nitrogens with zero attached hydrogens (tertiary/aromatic N) is 2. The van der Waals surface area contributed by atoms with Gasteiger partial charge in [-0.25, -0.2) is 0 Å². The molecule has 88 valence electrons. The number of carbonyl (C=O) groups excluding carboxylic acids is 1. The number of aromatic nitrogens is 2. The lowest BCUT2D eigenvalue weighted by molar-refractivity contribution is -0.124. The summed E-state index contributed by atoms with van der Waals surface area (Å²) < 4.78 is 1.65. The summed E-state index contributed by atoms with van der Waals surface area (Å²) in [5.74, 6) is 0.616. The molecule has 3 N–H and O–H groups in total. The van der Waals surface area contributed by atoms with Crippen molar-refractivity contribution in [2.75, 3.05) is 0 Å². The van der Waals surface area contributed by atoms with Crippen LogP contribution in [-0.4, -0.2) is 21.7 Å². The number of nitrogens with two attached hydrogens (primary N) is 1. The van der Waals surface area contributed by atoms with Gasteiger partial charge < -0.3 is 11.1 Å². The molecule has 1 amide bonds. The summed E-state index contributed by atoms with van der Waals surface area (Å²) in [6, 6.07) is -0.296. The van der Waals surface area contributed by atoms with Gasteiger partial charge in [-0.15, -0.1) is 0 Å². The fraction of sp³-hybridized carbons (Fsp3) is 0.636. The lowest BCUT2D eigenvalue weighted by atomic mass is 9.82. The van der Waals surface area contributed by atoms with Crippen molar-refractivity contribution in [1.29, 1.82) is 0 Å². The fourth-order valence-corrected chi connectivity index (χ4v) is 2.06. The zero-order valence-electron chi connectivity index (χ0n) is 9.68. The van der Waals surface area contributed by atoms with Gasteiger partial charge in [-0.3, -0.25) is 9.48 Å². The Balaban J connectivity index is 1.89. The molecule has 1 atom stereocenters. The van der Waals surface area contributed by atoms with Crippen molar-refractivity contribution in [1.82, 2.24) is 15.1 Å². The molecular weight excluding hydrogens is 204 g/mol. The molecule has 2 rings (SSSR count). The van der Waals surface area contributed by atoms with Gasteiger partial charge in [-0.05, 0) is 18.8 Å². The summed E-state index contributed by atoms with van der Waals surface area (Å²) >= 11 is 0. The maximum Gasteiger partial charge on any atom is 0.241 e. The van der Waals surface area contributed by atoms with Crippen LogP contribution in [0.4, 0.5) is 0 Å². The Labute approximate surface area is 95.0 Å². The van der Waals surface area contributed by atoms with Crippen LogP contribution in [0.15, 0.2) is 12.4 Å². The molecule has 0 radical (unpaired) electrons. The number of amides is 1. The Morgan fingerprint density at radius 2 is 2.38 bits per heavy atom. The zero-order valence-corrected chi connectivity index (χ0v) is 9.68. The third-order valence-electron chi connectivity index (χ3n) is 3.09. The smallest absolute Gasteiger partial charge is 0.241 e. The van der Waals surface area contributed by atoms with Gasteiger partial charge in [-0.1, -0.05) is 6.92 Å². The van der Waals surface area contributed by atoms with E-state index in [1.54, 1.807) is 17.1 Å². The van der Waals surface area contributed by atoms with Crippen molar-refractivity contribution in [2.45, 2.75) is 31.8 Å². The molecule has 1 aliphatic carbocycles. The van der Waals surface area contributed by atoms with Crippen LogP contribution >= 0.6 is 0 Å². The Morgan fingerprint density at radius 3 is 2.88 bits per heavy atom. The fourth-order valence-electron chi connectivity index (χ4n) is 2.06. The molecule has 1 fully saturated rings. The number of rotatable bonds is 3. The number of hydrogen-bond acceptors (Lipinski definition) is 3. The average molecular weight is 222 g/mol. The van der Waals surface area contributed by atoms with Crippen molar-refractivity contribution >= 4 is 5.91 Å². The van der Waals surface area contributed by atoms with Gasteiger partial charge >= 0.3 is 0 Å². The Kier molecular flexibility index (Phi) is 2.96. The van der Waals surface area contributed by atoms with Crippen LogP contribution in [0.25, 0.3) is 0 Å². The van der Waals surface area contributed by atoms with E-state index in [0.29, 0.717) is 6.04 Å². The first-order chi connectivity index (χ1) is 7.56. The number of carbonyl (C=O) groups is 1. The minimum absolute atomic E-state index is 0.107. The first-order valence-corrected chi connectivity index (χ1v) is 5.60. The Hall–Kier alpha value is -1.36. The second-order valence-corrected chi connectivity index (χ2v) is 4.71. The first kappa shape index (κ1) is 11.1. The van der Waals surface area contributed by atoms with Gasteiger partial charge in [0.2, 0.25) is 5.91 Å². The molecule has 0 spiro atoms. The molecule has 1 aliphatic rings. The van der Waals surface area contributed by atoms with Crippen molar-refractivity contribution in [2.24, 2.45) is 18.7 Å². The second-order valence-electron chi connectivity index (χ2n) is 4.71. The molecule has 1 aromatic heterocycles. The highest BCUT2D eigenvalue weighted by Gasteiger charge is 2.28. The van der Waals surface area contributed by atoms with Crippen molar-refractivity contribution in [3.63, 3.8) is 0 Å². The van der Waals surface area contributed by atoms with Gasteiger partial charge in [-0.2, -0.15) is 5.10 Å². The van der Waals surface area contributed by atoms with Crippen LogP contribution in [-0.2, 0) is 11.8 Å². The summed E-state index contributed by atoms with van der Waals surface area (Å²) in [6.45, 7) is 2.18. The molecular formula is C11H18N4O. The van der Waals surface area contributed by atoms with Crippen LogP contribution < -0.4 is 11.1 Å². The van der Waals surface area contributed by atoms with E-state index in [1.807, 2.05) is 7.05 Å². The van der Waals surface area contributed by atoms with E-state index in [4.69, 9.17) is 5.73 Å². The summed E-state index contributed by atoms with van der Waals surface area (Å²) in [5, 5.41) is 6.96. The van der Waals surface area contributed by atoms with Crippen LogP contribution in [0.5, 0.6) is 0 Å². The van der Waals surface area contributed by atoms with Crippen LogP contribution in [0.3, 0.4) is 0 Å². The van der Waals surface area contributed by atoms with Gasteiger partial charge in [0.1, 0.15) is 6.04 Å². The molecule has 16 heavy (non-hydrogen) atoms. The van der Waals surface area contributed by atoms with Gasteiger partial charge in [0.05, 0.1) is 6.20 Å². The third kappa shape index (κ3) is 2.24. The minimum Gasteiger partial charge on any atom is -0.352 e. The van der Waals surface area contributed by atoms with E-state index < -0.39 is 6.04 Å². The molecule has 1 aromatic rings. The molecule has 0 aromatic carbocycles. The maximum atomic E-state index is 11.8. The first-order valence-electron chi connectivity index (χ1n) is 5.60. The van der Waals surface area contributed by atoms with Crippen LogP contribution in [0, 0.1) is 5.92 Å². The molecule has 0 saturated heterocycles. The maximum absolute atomic E-state index is 11.8. The number of nitrogens with one attached hydrogen (secondary N) is 1. The molecule has 1 unspecified atom stereocenters. The molecule has 5 nitrogen and oxygen atoms in total. The van der Waals surface area contributed by atoms with E-state index >= 15 is 0 Å². The summed E-state index contributed by atoms with van der Waals surface area (Å²) in [7, 11) is 1.81. The van der Waals surface area contributed by atoms with Crippen molar-refractivity contribution in [3.8, 4) is 0 Å².